The number of methoxy groups -OCH3 is 1. The van der Waals surface area contributed by atoms with Gasteiger partial charge in [0.15, 0.2) is 5.82 Å². The first kappa shape index (κ1) is 19.7. The average Bonchev–Trinajstić information content (AvgIpc) is 2.93. The summed E-state index contributed by atoms with van der Waals surface area (Å²) in [7, 11) is 1.77. The summed E-state index contributed by atoms with van der Waals surface area (Å²) in [6.07, 6.45) is 4.05. The van der Waals surface area contributed by atoms with Crippen LogP contribution < -0.4 is 4.90 Å². The number of fused-ring (bicyclic) bond motifs is 2. The summed E-state index contributed by atoms with van der Waals surface area (Å²) in [5, 5.41) is 1.32. The van der Waals surface area contributed by atoms with Crippen molar-refractivity contribution >= 4 is 29.1 Å². The second-order valence-electron chi connectivity index (χ2n) is 7.18. The lowest BCUT2D eigenvalue weighted by atomic mass is 10.00. The highest BCUT2D eigenvalue weighted by atomic mass is 35.5. The number of aromatic nitrogens is 2. The average molecular weight is 386 g/mol. The van der Waals surface area contributed by atoms with Gasteiger partial charge in [0.1, 0.15) is 0 Å². The molecule has 0 saturated carbocycles. The molecule has 2 aromatic heterocycles. The van der Waals surface area contributed by atoms with Crippen LogP contribution in [0.25, 0.3) is 10.9 Å². The van der Waals surface area contributed by atoms with E-state index >= 15 is 0 Å². The van der Waals surface area contributed by atoms with E-state index in [1.165, 1.54) is 33.3 Å². The number of ether oxygens (including phenoxy) is 1. The molecule has 1 aliphatic rings. The molecule has 4 rings (SSSR count). The van der Waals surface area contributed by atoms with Crippen LogP contribution in [-0.2, 0) is 24.2 Å². The number of rotatable bonds is 5. The number of aryl methyl sites for hydroxylation is 2. The molecule has 0 amide bonds. The van der Waals surface area contributed by atoms with Crippen molar-refractivity contribution in [2.45, 2.75) is 39.8 Å². The summed E-state index contributed by atoms with van der Waals surface area (Å²) in [4.78, 5) is 7.26. The standard InChI is InChI=1S/C22H27N3O.ClH/c1-16-17(2)25(12-6-14-26-3)21-20(16)9-11-23-22(21)24-13-10-18-7-4-5-8-19(18)15-24;/h4-5,7-9,11H,6,10,12-15H2,1-3H3;1H. The van der Waals surface area contributed by atoms with Gasteiger partial charge in [-0.15, -0.1) is 12.4 Å². The predicted octanol–water partition coefficient (Wildman–Crippen LogP) is 4.67. The Morgan fingerprint density at radius 1 is 1.11 bits per heavy atom. The molecule has 0 spiro atoms. The van der Waals surface area contributed by atoms with Crippen LogP contribution in [0.5, 0.6) is 0 Å². The second kappa shape index (κ2) is 8.32. The molecule has 0 radical (unpaired) electrons. The summed E-state index contributed by atoms with van der Waals surface area (Å²) in [6, 6.07) is 10.9. The fourth-order valence-corrected chi connectivity index (χ4v) is 4.13. The zero-order valence-corrected chi connectivity index (χ0v) is 17.2. The molecule has 4 nitrogen and oxygen atoms in total. The van der Waals surface area contributed by atoms with Gasteiger partial charge in [-0.3, -0.25) is 0 Å². The van der Waals surface area contributed by atoms with Crippen LogP contribution in [0.2, 0.25) is 0 Å². The van der Waals surface area contributed by atoms with Crippen molar-refractivity contribution in [3.63, 3.8) is 0 Å². The van der Waals surface area contributed by atoms with E-state index in [1.807, 2.05) is 6.20 Å². The number of benzene rings is 1. The number of hydrogen-bond acceptors (Lipinski definition) is 3. The molecule has 0 bridgehead atoms. The number of halogens is 1. The van der Waals surface area contributed by atoms with Crippen molar-refractivity contribution in [2.24, 2.45) is 0 Å². The molecule has 3 heterocycles. The van der Waals surface area contributed by atoms with E-state index in [2.05, 4.69) is 53.6 Å². The van der Waals surface area contributed by atoms with Crippen LogP contribution >= 0.6 is 12.4 Å². The maximum Gasteiger partial charge on any atom is 0.153 e. The Morgan fingerprint density at radius 2 is 1.89 bits per heavy atom. The Morgan fingerprint density at radius 3 is 2.67 bits per heavy atom. The monoisotopic (exact) mass is 385 g/mol. The largest absolute Gasteiger partial charge is 0.385 e. The highest BCUT2D eigenvalue weighted by Crippen LogP contribution is 2.33. The van der Waals surface area contributed by atoms with Gasteiger partial charge in [-0.1, -0.05) is 24.3 Å². The molecule has 27 heavy (non-hydrogen) atoms. The predicted molar refractivity (Wildman–Crippen MR) is 114 cm³/mol. The van der Waals surface area contributed by atoms with Crippen LogP contribution in [0.15, 0.2) is 36.5 Å². The summed E-state index contributed by atoms with van der Waals surface area (Å²) in [5.41, 5.74) is 6.86. The number of anilines is 1. The van der Waals surface area contributed by atoms with E-state index in [-0.39, 0.29) is 12.4 Å². The van der Waals surface area contributed by atoms with Crippen molar-refractivity contribution in [3.8, 4) is 0 Å². The molecule has 1 aromatic carbocycles. The number of hydrogen-bond donors (Lipinski definition) is 0. The topological polar surface area (TPSA) is 30.3 Å². The minimum atomic E-state index is 0. The van der Waals surface area contributed by atoms with E-state index in [1.54, 1.807) is 7.11 Å². The third-order valence-corrected chi connectivity index (χ3v) is 5.69. The van der Waals surface area contributed by atoms with E-state index in [9.17, 15) is 0 Å². The quantitative estimate of drug-likeness (QED) is 0.597. The SMILES string of the molecule is COCCCn1c(C)c(C)c2ccnc(N3CCc4ccccc4C3)c21.Cl. The highest BCUT2D eigenvalue weighted by Gasteiger charge is 2.22. The van der Waals surface area contributed by atoms with Gasteiger partial charge >= 0.3 is 0 Å². The van der Waals surface area contributed by atoms with E-state index < -0.39 is 0 Å². The fraction of sp³-hybridized carbons (Fsp3) is 0.409. The Balaban J connectivity index is 0.00000210. The van der Waals surface area contributed by atoms with Crippen molar-refractivity contribution < 1.29 is 4.74 Å². The van der Waals surface area contributed by atoms with Gasteiger partial charge in [0.05, 0.1) is 5.52 Å². The summed E-state index contributed by atoms with van der Waals surface area (Å²) >= 11 is 0. The van der Waals surface area contributed by atoms with Gasteiger partial charge in [0, 0.05) is 50.6 Å². The summed E-state index contributed by atoms with van der Waals surface area (Å²) in [6.45, 7) is 8.14. The molecule has 0 fully saturated rings. The van der Waals surface area contributed by atoms with Gasteiger partial charge in [-0.05, 0) is 49.4 Å². The molecule has 5 heteroatoms. The molecular formula is C22H28ClN3O. The Kier molecular flexibility index (Phi) is 6.08. The van der Waals surface area contributed by atoms with Gasteiger partial charge in [-0.25, -0.2) is 4.98 Å². The third kappa shape index (κ3) is 3.56. The number of nitrogens with zero attached hydrogens (tertiary/aromatic N) is 3. The highest BCUT2D eigenvalue weighted by molar-refractivity contribution is 5.93. The van der Waals surface area contributed by atoms with Gasteiger partial charge < -0.3 is 14.2 Å². The first-order valence-electron chi connectivity index (χ1n) is 9.45. The molecule has 1 aliphatic heterocycles. The molecule has 0 unspecified atom stereocenters. The van der Waals surface area contributed by atoms with Crippen LogP contribution in [0.3, 0.4) is 0 Å². The van der Waals surface area contributed by atoms with E-state index in [0.29, 0.717) is 0 Å². The normalized spacial score (nSPS) is 13.5. The van der Waals surface area contributed by atoms with Crippen LogP contribution in [0.1, 0.15) is 28.8 Å². The summed E-state index contributed by atoms with van der Waals surface area (Å²) in [5.74, 6) is 1.12. The van der Waals surface area contributed by atoms with E-state index in [4.69, 9.17) is 9.72 Å². The lowest BCUT2D eigenvalue weighted by molar-refractivity contribution is 0.190. The smallest absolute Gasteiger partial charge is 0.153 e. The molecule has 0 aliphatic carbocycles. The third-order valence-electron chi connectivity index (χ3n) is 5.69. The maximum absolute atomic E-state index is 5.27. The second-order valence-corrected chi connectivity index (χ2v) is 7.18. The van der Waals surface area contributed by atoms with Crippen molar-refractivity contribution in [2.75, 3.05) is 25.2 Å². The zero-order chi connectivity index (χ0) is 18.1. The molecular weight excluding hydrogens is 358 g/mol. The number of pyridine rings is 1. The van der Waals surface area contributed by atoms with Gasteiger partial charge in [0.2, 0.25) is 0 Å². The van der Waals surface area contributed by atoms with Gasteiger partial charge in [0.25, 0.3) is 0 Å². The lowest BCUT2D eigenvalue weighted by Gasteiger charge is -2.30. The summed E-state index contributed by atoms with van der Waals surface area (Å²) < 4.78 is 7.71. The Bertz CT molecular complexity index is 935. The van der Waals surface area contributed by atoms with Crippen LogP contribution in [-0.4, -0.2) is 29.8 Å². The molecule has 3 aromatic rings. The van der Waals surface area contributed by atoms with Gasteiger partial charge in [-0.2, -0.15) is 0 Å². The fourth-order valence-electron chi connectivity index (χ4n) is 4.13. The van der Waals surface area contributed by atoms with Crippen LogP contribution in [0.4, 0.5) is 5.82 Å². The van der Waals surface area contributed by atoms with Crippen molar-refractivity contribution in [3.05, 3.63) is 58.9 Å². The first-order chi connectivity index (χ1) is 12.7. The first-order valence-corrected chi connectivity index (χ1v) is 9.45. The van der Waals surface area contributed by atoms with E-state index in [0.717, 1.165) is 44.9 Å². The molecule has 144 valence electrons. The van der Waals surface area contributed by atoms with Crippen LogP contribution in [0, 0.1) is 13.8 Å². The maximum atomic E-state index is 5.27. The molecule has 0 saturated heterocycles. The molecule has 0 N–H and O–H groups in total. The Labute approximate surface area is 167 Å². The molecule has 0 atom stereocenters. The van der Waals surface area contributed by atoms with Crippen molar-refractivity contribution in [1.29, 1.82) is 0 Å². The minimum Gasteiger partial charge on any atom is -0.385 e. The lowest BCUT2D eigenvalue weighted by Crippen LogP contribution is -2.31. The zero-order valence-electron chi connectivity index (χ0n) is 16.4. The minimum absolute atomic E-state index is 0. The Hall–Kier alpha value is -2.04. The van der Waals surface area contributed by atoms with Crippen molar-refractivity contribution in [1.82, 2.24) is 9.55 Å².